The van der Waals surface area contributed by atoms with Gasteiger partial charge in [0.1, 0.15) is 16.5 Å². The molecule has 2 aromatic carbocycles. The third kappa shape index (κ3) is 5.56. The smallest absolute Gasteiger partial charge is 0.338 e. The van der Waals surface area contributed by atoms with Crippen LogP contribution in [0.4, 0.5) is 14.5 Å². The Balaban J connectivity index is 1.68. The first-order chi connectivity index (χ1) is 14.7. The van der Waals surface area contributed by atoms with Crippen LogP contribution >= 0.6 is 11.6 Å². The summed E-state index contributed by atoms with van der Waals surface area (Å²) in [7, 11) is -4.19. The fraction of sp³-hybridized carbons (Fsp3) is 0.263. The summed E-state index contributed by atoms with van der Waals surface area (Å²) in [6, 6.07) is 6.30. The van der Waals surface area contributed by atoms with Gasteiger partial charge in [-0.25, -0.2) is 22.0 Å². The number of esters is 1. The van der Waals surface area contributed by atoms with Gasteiger partial charge in [0.05, 0.1) is 24.5 Å². The van der Waals surface area contributed by atoms with Crippen molar-refractivity contribution in [2.45, 2.75) is 4.90 Å². The molecule has 0 radical (unpaired) electrons. The van der Waals surface area contributed by atoms with E-state index in [1.54, 1.807) is 0 Å². The van der Waals surface area contributed by atoms with Crippen LogP contribution < -0.4 is 5.32 Å². The Morgan fingerprint density at radius 1 is 1.10 bits per heavy atom. The van der Waals surface area contributed by atoms with E-state index < -0.39 is 45.0 Å². The van der Waals surface area contributed by atoms with Crippen molar-refractivity contribution in [1.82, 2.24) is 4.31 Å². The lowest BCUT2D eigenvalue weighted by molar-refractivity contribution is -0.119. The van der Waals surface area contributed by atoms with Gasteiger partial charge < -0.3 is 14.8 Å². The summed E-state index contributed by atoms with van der Waals surface area (Å²) in [5.74, 6) is -3.69. The van der Waals surface area contributed by atoms with Crippen molar-refractivity contribution in [1.29, 1.82) is 0 Å². The number of carbonyl (C=O) groups excluding carboxylic acids is 2. The van der Waals surface area contributed by atoms with E-state index in [-0.39, 0.29) is 42.6 Å². The standard InChI is InChI=1S/C19H17ClF2N2O6S/c20-13-2-4-16(15(22)10-13)23-18(25)11-30-19(26)12-1-3-14(21)17(9-12)31(27,28)24-5-7-29-8-6-24/h1-4,9-10H,5-8,11H2,(H,23,25). The van der Waals surface area contributed by atoms with E-state index in [0.717, 1.165) is 28.6 Å². The molecular weight excluding hydrogens is 458 g/mol. The normalized spacial score (nSPS) is 14.8. The summed E-state index contributed by atoms with van der Waals surface area (Å²) < 4.78 is 64.2. The van der Waals surface area contributed by atoms with Gasteiger partial charge >= 0.3 is 5.97 Å². The quantitative estimate of drug-likeness (QED) is 0.645. The number of ether oxygens (including phenoxy) is 2. The van der Waals surface area contributed by atoms with E-state index in [1.165, 1.54) is 12.1 Å². The van der Waals surface area contributed by atoms with Crippen LogP contribution in [0.3, 0.4) is 0 Å². The van der Waals surface area contributed by atoms with Crippen LogP contribution in [-0.4, -0.2) is 57.5 Å². The van der Waals surface area contributed by atoms with Crippen LogP contribution in [-0.2, 0) is 24.3 Å². The number of morpholine rings is 1. The molecule has 3 rings (SSSR count). The lowest BCUT2D eigenvalue weighted by Crippen LogP contribution is -2.41. The van der Waals surface area contributed by atoms with E-state index in [9.17, 15) is 26.8 Å². The molecular formula is C19H17ClF2N2O6S. The SMILES string of the molecule is O=C(COC(=O)c1ccc(F)c(S(=O)(=O)N2CCOCC2)c1)Nc1ccc(Cl)cc1F. The highest BCUT2D eigenvalue weighted by atomic mass is 35.5. The number of halogens is 3. The predicted molar refractivity (Wildman–Crippen MR) is 106 cm³/mol. The molecule has 1 amide bonds. The molecule has 8 nitrogen and oxygen atoms in total. The van der Waals surface area contributed by atoms with Crippen LogP contribution in [0.1, 0.15) is 10.4 Å². The molecule has 0 atom stereocenters. The average molecular weight is 475 g/mol. The molecule has 12 heteroatoms. The number of sulfonamides is 1. The van der Waals surface area contributed by atoms with Crippen molar-refractivity contribution in [2.75, 3.05) is 38.2 Å². The zero-order chi connectivity index (χ0) is 22.6. The molecule has 1 heterocycles. The fourth-order valence-electron chi connectivity index (χ4n) is 2.75. The van der Waals surface area contributed by atoms with Gasteiger partial charge in [0.25, 0.3) is 5.91 Å². The molecule has 0 bridgehead atoms. The number of benzene rings is 2. The number of rotatable bonds is 6. The highest BCUT2D eigenvalue weighted by Gasteiger charge is 2.30. The molecule has 0 aliphatic carbocycles. The largest absolute Gasteiger partial charge is 0.452 e. The number of nitrogens with one attached hydrogen (secondary N) is 1. The molecule has 0 unspecified atom stereocenters. The zero-order valence-electron chi connectivity index (χ0n) is 15.9. The number of hydrogen-bond acceptors (Lipinski definition) is 6. The van der Waals surface area contributed by atoms with Gasteiger partial charge in [-0.2, -0.15) is 4.31 Å². The number of carbonyl (C=O) groups is 2. The average Bonchev–Trinajstić information content (AvgIpc) is 2.75. The van der Waals surface area contributed by atoms with Gasteiger partial charge in [0.2, 0.25) is 10.0 Å². The van der Waals surface area contributed by atoms with Crippen molar-refractivity contribution >= 4 is 39.2 Å². The maximum Gasteiger partial charge on any atom is 0.338 e. The number of amides is 1. The molecule has 1 aliphatic rings. The molecule has 31 heavy (non-hydrogen) atoms. The van der Waals surface area contributed by atoms with Crippen LogP contribution in [0.2, 0.25) is 5.02 Å². The van der Waals surface area contributed by atoms with Gasteiger partial charge in [0.15, 0.2) is 6.61 Å². The Labute approximate surface area is 181 Å². The summed E-state index contributed by atoms with van der Waals surface area (Å²) in [6.45, 7) is -0.322. The highest BCUT2D eigenvalue weighted by Crippen LogP contribution is 2.22. The van der Waals surface area contributed by atoms with Gasteiger partial charge in [-0.3, -0.25) is 4.79 Å². The van der Waals surface area contributed by atoms with Gasteiger partial charge in [-0.05, 0) is 36.4 Å². The number of nitrogens with zero attached hydrogens (tertiary/aromatic N) is 1. The second-order valence-electron chi connectivity index (χ2n) is 6.41. The Morgan fingerprint density at radius 3 is 2.48 bits per heavy atom. The van der Waals surface area contributed by atoms with Crippen LogP contribution in [0, 0.1) is 11.6 Å². The van der Waals surface area contributed by atoms with Crippen LogP contribution in [0.15, 0.2) is 41.3 Å². The lowest BCUT2D eigenvalue weighted by Gasteiger charge is -2.26. The van der Waals surface area contributed by atoms with E-state index in [4.69, 9.17) is 21.1 Å². The maximum atomic E-state index is 14.2. The summed E-state index contributed by atoms with van der Waals surface area (Å²) in [6.07, 6.45) is 0. The Kier molecular flexibility index (Phi) is 7.21. The Bertz CT molecular complexity index is 1110. The summed E-state index contributed by atoms with van der Waals surface area (Å²) in [5, 5.41) is 2.35. The lowest BCUT2D eigenvalue weighted by atomic mass is 10.2. The molecule has 1 fully saturated rings. The summed E-state index contributed by atoms with van der Waals surface area (Å²) >= 11 is 5.63. The monoisotopic (exact) mass is 474 g/mol. The Hall–Kier alpha value is -2.60. The van der Waals surface area contributed by atoms with Crippen molar-refractivity contribution in [3.05, 3.63) is 58.6 Å². The molecule has 0 aromatic heterocycles. The van der Waals surface area contributed by atoms with Gasteiger partial charge in [0, 0.05) is 18.1 Å². The minimum absolute atomic E-state index is 0.0534. The van der Waals surface area contributed by atoms with Gasteiger partial charge in [-0.1, -0.05) is 11.6 Å². The minimum Gasteiger partial charge on any atom is -0.452 e. The van der Waals surface area contributed by atoms with E-state index in [1.807, 2.05) is 0 Å². The molecule has 0 spiro atoms. The second-order valence-corrected chi connectivity index (χ2v) is 8.75. The highest BCUT2D eigenvalue weighted by molar-refractivity contribution is 7.89. The molecule has 0 saturated carbocycles. The molecule has 1 saturated heterocycles. The van der Waals surface area contributed by atoms with E-state index >= 15 is 0 Å². The second kappa shape index (κ2) is 9.69. The molecule has 2 aromatic rings. The first-order valence-corrected chi connectivity index (χ1v) is 10.8. The first kappa shape index (κ1) is 23.1. The Morgan fingerprint density at radius 2 is 1.81 bits per heavy atom. The van der Waals surface area contributed by atoms with Crippen molar-refractivity contribution < 1.29 is 36.3 Å². The first-order valence-electron chi connectivity index (χ1n) is 8.98. The fourth-order valence-corrected chi connectivity index (χ4v) is 4.40. The van der Waals surface area contributed by atoms with E-state index in [2.05, 4.69) is 5.32 Å². The van der Waals surface area contributed by atoms with Gasteiger partial charge in [-0.15, -0.1) is 0 Å². The van der Waals surface area contributed by atoms with E-state index in [0.29, 0.717) is 0 Å². The zero-order valence-corrected chi connectivity index (χ0v) is 17.5. The third-order valence-electron chi connectivity index (χ3n) is 4.29. The third-order valence-corrected chi connectivity index (χ3v) is 6.44. The minimum atomic E-state index is -4.19. The molecule has 166 valence electrons. The molecule has 1 N–H and O–H groups in total. The van der Waals surface area contributed by atoms with Crippen LogP contribution in [0.5, 0.6) is 0 Å². The predicted octanol–water partition coefficient (Wildman–Crippen LogP) is 2.43. The topological polar surface area (TPSA) is 102 Å². The maximum absolute atomic E-state index is 14.2. The number of hydrogen-bond donors (Lipinski definition) is 1. The van der Waals surface area contributed by atoms with Crippen molar-refractivity contribution in [3.8, 4) is 0 Å². The van der Waals surface area contributed by atoms with Crippen molar-refractivity contribution in [2.24, 2.45) is 0 Å². The van der Waals surface area contributed by atoms with Crippen LogP contribution in [0.25, 0.3) is 0 Å². The molecule has 1 aliphatic heterocycles. The van der Waals surface area contributed by atoms with Crippen molar-refractivity contribution in [3.63, 3.8) is 0 Å². The summed E-state index contributed by atoms with van der Waals surface area (Å²) in [4.78, 5) is 23.5. The summed E-state index contributed by atoms with van der Waals surface area (Å²) in [5.41, 5.74) is -0.426. The number of anilines is 1.